The van der Waals surface area contributed by atoms with Crippen molar-refractivity contribution in [2.45, 2.75) is 12.8 Å². The summed E-state index contributed by atoms with van der Waals surface area (Å²) in [6.07, 6.45) is 4.52. The van der Waals surface area contributed by atoms with E-state index in [4.69, 9.17) is 9.47 Å². The maximum absolute atomic E-state index is 11.7. The Labute approximate surface area is 128 Å². The minimum atomic E-state index is -0.246. The monoisotopic (exact) mass is 296 g/mol. The highest BCUT2D eigenvalue weighted by Gasteiger charge is 2.09. The van der Waals surface area contributed by atoms with Gasteiger partial charge in [-0.05, 0) is 47.9 Å². The predicted octanol–water partition coefficient (Wildman–Crippen LogP) is 3.69. The van der Waals surface area contributed by atoms with Crippen molar-refractivity contribution in [2.75, 3.05) is 6.61 Å². The number of carbonyl (C=O) groups is 1. The Balaban J connectivity index is 1.94. The number of hydrogen-bond acceptors (Lipinski definition) is 4. The topological polar surface area (TPSA) is 55.8 Å². The van der Waals surface area contributed by atoms with E-state index >= 15 is 0 Å². The van der Waals surface area contributed by atoms with Crippen LogP contribution < -0.4 is 4.74 Å². The fraction of sp³-hybridized carbons (Fsp3) is 0.167. The Hall–Kier alpha value is -2.75. The van der Waals surface area contributed by atoms with Gasteiger partial charge in [0.2, 0.25) is 0 Å². The number of aromatic hydroxyl groups is 1. The van der Waals surface area contributed by atoms with Gasteiger partial charge in [-0.3, -0.25) is 4.79 Å². The molecule has 0 atom stereocenters. The van der Waals surface area contributed by atoms with Crippen molar-refractivity contribution in [3.05, 3.63) is 59.7 Å². The van der Waals surface area contributed by atoms with Crippen LogP contribution in [0.4, 0.5) is 0 Å². The average molecular weight is 296 g/mol. The van der Waals surface area contributed by atoms with Gasteiger partial charge in [0.15, 0.2) is 11.5 Å². The molecule has 2 aliphatic heterocycles. The number of benzene rings is 2. The fourth-order valence-electron chi connectivity index (χ4n) is 2.21. The fourth-order valence-corrected chi connectivity index (χ4v) is 2.21. The van der Waals surface area contributed by atoms with Crippen molar-refractivity contribution in [3.8, 4) is 17.2 Å². The summed E-state index contributed by atoms with van der Waals surface area (Å²) >= 11 is 0. The molecule has 2 aliphatic rings. The van der Waals surface area contributed by atoms with Crippen LogP contribution in [0, 0.1) is 0 Å². The van der Waals surface area contributed by atoms with Gasteiger partial charge in [-0.1, -0.05) is 24.3 Å². The number of carbonyl (C=O) groups excluding carboxylic acids is 1. The van der Waals surface area contributed by atoms with Crippen molar-refractivity contribution in [1.29, 1.82) is 0 Å². The number of fused-ring (bicyclic) bond motifs is 7. The lowest BCUT2D eigenvalue weighted by atomic mass is 10.1. The minimum Gasteiger partial charge on any atom is -0.504 e. The van der Waals surface area contributed by atoms with Crippen LogP contribution >= 0.6 is 0 Å². The quantitative estimate of drug-likeness (QED) is 0.753. The summed E-state index contributed by atoms with van der Waals surface area (Å²) in [7, 11) is 0. The molecule has 22 heavy (non-hydrogen) atoms. The van der Waals surface area contributed by atoms with Gasteiger partial charge in [0.25, 0.3) is 0 Å². The number of aryl methyl sites for hydroxylation is 1. The van der Waals surface area contributed by atoms with Crippen LogP contribution in [0.2, 0.25) is 0 Å². The molecule has 0 saturated heterocycles. The van der Waals surface area contributed by atoms with Crippen molar-refractivity contribution in [1.82, 2.24) is 0 Å². The SMILES string of the molecule is O=C1CCc2ccc(O)c(c2)Oc2ccc(cc2)C=CCO1. The molecule has 0 amide bonds. The van der Waals surface area contributed by atoms with Gasteiger partial charge < -0.3 is 14.6 Å². The average Bonchev–Trinajstić information content (AvgIpc) is 2.54. The van der Waals surface area contributed by atoms with Gasteiger partial charge in [0.1, 0.15) is 12.4 Å². The molecule has 4 bridgehead atoms. The smallest absolute Gasteiger partial charge is 0.306 e. The highest BCUT2D eigenvalue weighted by Crippen LogP contribution is 2.32. The molecule has 0 unspecified atom stereocenters. The lowest BCUT2D eigenvalue weighted by Gasteiger charge is -2.10. The maximum Gasteiger partial charge on any atom is 0.306 e. The normalized spacial score (nSPS) is 14.6. The van der Waals surface area contributed by atoms with Crippen LogP contribution in [-0.2, 0) is 16.0 Å². The number of ether oxygens (including phenoxy) is 2. The zero-order valence-electron chi connectivity index (χ0n) is 12.0. The molecule has 1 N–H and O–H groups in total. The molecule has 0 radical (unpaired) electrons. The second kappa shape index (κ2) is 6.35. The van der Waals surface area contributed by atoms with E-state index in [1.807, 2.05) is 30.3 Å². The van der Waals surface area contributed by atoms with Crippen LogP contribution in [0.1, 0.15) is 17.5 Å². The number of esters is 1. The number of phenolic OH excluding ortho intramolecular Hbond substituents is 1. The van der Waals surface area contributed by atoms with E-state index in [1.165, 1.54) is 0 Å². The minimum absolute atomic E-state index is 0.0691. The molecular formula is C18H16O4. The Morgan fingerprint density at radius 3 is 2.64 bits per heavy atom. The molecule has 2 heterocycles. The second-order valence-electron chi connectivity index (χ2n) is 5.06. The van der Waals surface area contributed by atoms with Crippen LogP contribution in [0.5, 0.6) is 17.2 Å². The summed E-state index contributed by atoms with van der Waals surface area (Å²) in [6.45, 7) is 0.262. The van der Waals surface area contributed by atoms with Gasteiger partial charge in [-0.15, -0.1) is 0 Å². The molecule has 4 rings (SSSR count). The van der Waals surface area contributed by atoms with E-state index < -0.39 is 0 Å². The summed E-state index contributed by atoms with van der Waals surface area (Å²) in [5, 5.41) is 9.90. The molecular weight excluding hydrogens is 280 g/mol. The first-order valence-electron chi connectivity index (χ1n) is 7.13. The van der Waals surface area contributed by atoms with Crippen molar-refractivity contribution in [3.63, 3.8) is 0 Å². The van der Waals surface area contributed by atoms with Gasteiger partial charge in [0.05, 0.1) is 0 Å². The van der Waals surface area contributed by atoms with E-state index in [9.17, 15) is 9.90 Å². The first kappa shape index (κ1) is 14.2. The van der Waals surface area contributed by atoms with E-state index in [-0.39, 0.29) is 18.3 Å². The molecule has 0 saturated carbocycles. The van der Waals surface area contributed by atoms with E-state index in [0.29, 0.717) is 24.3 Å². The lowest BCUT2D eigenvalue weighted by Crippen LogP contribution is -2.05. The van der Waals surface area contributed by atoms with Crippen LogP contribution in [0.3, 0.4) is 0 Å². The third-order valence-corrected chi connectivity index (χ3v) is 3.40. The summed E-state index contributed by atoms with van der Waals surface area (Å²) in [4.78, 5) is 11.7. The zero-order valence-corrected chi connectivity index (χ0v) is 12.0. The Bertz CT molecular complexity index is 702. The Morgan fingerprint density at radius 2 is 1.82 bits per heavy atom. The van der Waals surface area contributed by atoms with Gasteiger partial charge in [-0.2, -0.15) is 0 Å². The molecule has 112 valence electrons. The van der Waals surface area contributed by atoms with Crippen molar-refractivity contribution < 1.29 is 19.4 Å². The highest BCUT2D eigenvalue weighted by molar-refractivity contribution is 5.70. The third-order valence-electron chi connectivity index (χ3n) is 3.40. The predicted molar refractivity (Wildman–Crippen MR) is 82.9 cm³/mol. The Morgan fingerprint density at radius 1 is 1.00 bits per heavy atom. The van der Waals surface area contributed by atoms with E-state index in [0.717, 1.165) is 11.1 Å². The first-order chi connectivity index (χ1) is 10.7. The van der Waals surface area contributed by atoms with Gasteiger partial charge in [0, 0.05) is 6.42 Å². The summed E-state index contributed by atoms with van der Waals surface area (Å²) in [5.74, 6) is 0.847. The first-order valence-corrected chi connectivity index (χ1v) is 7.13. The third kappa shape index (κ3) is 3.47. The summed E-state index contributed by atoms with van der Waals surface area (Å²) < 4.78 is 10.9. The molecule has 0 aliphatic carbocycles. The molecule has 4 nitrogen and oxygen atoms in total. The molecule has 0 spiro atoms. The maximum atomic E-state index is 11.7. The highest BCUT2D eigenvalue weighted by atomic mass is 16.5. The van der Waals surface area contributed by atoms with Gasteiger partial charge in [-0.25, -0.2) is 0 Å². The number of rotatable bonds is 0. The molecule has 2 aromatic carbocycles. The van der Waals surface area contributed by atoms with E-state index in [2.05, 4.69) is 0 Å². The summed E-state index contributed by atoms with van der Waals surface area (Å²) in [5.41, 5.74) is 1.89. The lowest BCUT2D eigenvalue weighted by molar-refractivity contribution is -0.142. The zero-order chi connectivity index (χ0) is 15.4. The van der Waals surface area contributed by atoms with Gasteiger partial charge >= 0.3 is 5.97 Å². The van der Waals surface area contributed by atoms with Crippen LogP contribution in [0.25, 0.3) is 6.08 Å². The number of hydrogen-bond donors (Lipinski definition) is 1. The van der Waals surface area contributed by atoms with Crippen molar-refractivity contribution >= 4 is 12.0 Å². The van der Waals surface area contributed by atoms with Crippen LogP contribution in [-0.4, -0.2) is 17.7 Å². The van der Waals surface area contributed by atoms with E-state index in [1.54, 1.807) is 24.3 Å². The summed E-state index contributed by atoms with van der Waals surface area (Å²) in [6, 6.07) is 12.5. The largest absolute Gasteiger partial charge is 0.504 e. The molecule has 0 fully saturated rings. The number of phenols is 1. The molecule has 4 heteroatoms. The second-order valence-corrected chi connectivity index (χ2v) is 5.06. The van der Waals surface area contributed by atoms with Crippen LogP contribution in [0.15, 0.2) is 48.5 Å². The van der Waals surface area contributed by atoms with Crippen molar-refractivity contribution in [2.24, 2.45) is 0 Å². The standard InChI is InChI=1S/C18H16O4/c19-16-9-5-14-6-10-18(20)21-11-1-2-13-3-7-15(8-4-13)22-17(16)12-14/h1-5,7-9,12,19H,6,10-11H2. The Kier molecular flexibility index (Phi) is 4.10. The molecule has 0 aromatic heterocycles. The molecule has 2 aromatic rings.